The average molecular weight is 329 g/mol. The van der Waals surface area contributed by atoms with Crippen LogP contribution in [0.4, 0.5) is 0 Å². The number of nitrogens with two attached hydrogens (primary N) is 1. The molecule has 1 amide bonds. The van der Waals surface area contributed by atoms with Gasteiger partial charge in [-0.1, -0.05) is 36.8 Å². The fourth-order valence-corrected chi connectivity index (χ4v) is 3.43. The van der Waals surface area contributed by atoms with Gasteiger partial charge in [0.15, 0.2) is 0 Å². The molecule has 1 saturated heterocycles. The van der Waals surface area contributed by atoms with Gasteiger partial charge in [-0.3, -0.25) is 4.79 Å². The Kier molecular flexibility index (Phi) is 7.04. The molecule has 2 rings (SSSR count). The van der Waals surface area contributed by atoms with Gasteiger partial charge in [0.1, 0.15) is 0 Å². The Morgan fingerprint density at radius 1 is 1.48 bits per heavy atom. The summed E-state index contributed by atoms with van der Waals surface area (Å²) < 4.78 is 0. The minimum Gasteiger partial charge on any atom is -0.341 e. The second kappa shape index (κ2) is 8.06. The molecule has 5 heteroatoms. The maximum atomic E-state index is 12.2. The maximum Gasteiger partial charge on any atom is 0.232 e. The summed E-state index contributed by atoms with van der Waals surface area (Å²) in [6, 6.07) is 8.46. The number of aryl methyl sites for hydroxylation is 1. The molecular weight excluding hydrogens is 304 g/mol. The molecule has 1 fully saturated rings. The van der Waals surface area contributed by atoms with Crippen molar-refractivity contribution in [3.8, 4) is 0 Å². The van der Waals surface area contributed by atoms with Crippen LogP contribution < -0.4 is 5.73 Å². The fourth-order valence-electron chi connectivity index (χ4n) is 2.55. The fraction of sp³-hybridized carbons (Fsp3) is 0.562. The normalized spacial score (nSPS) is 21.2. The molecule has 0 spiro atoms. The Bertz CT molecular complexity index is 483. The van der Waals surface area contributed by atoms with E-state index >= 15 is 0 Å². The third-order valence-corrected chi connectivity index (χ3v) is 4.97. The average Bonchev–Trinajstić information content (AvgIpc) is 2.82. The van der Waals surface area contributed by atoms with E-state index in [1.165, 1.54) is 11.1 Å². The highest BCUT2D eigenvalue weighted by Gasteiger charge is 2.34. The van der Waals surface area contributed by atoms with Crippen LogP contribution in [0.15, 0.2) is 24.3 Å². The molecule has 0 bridgehead atoms. The highest BCUT2D eigenvalue weighted by Crippen LogP contribution is 2.29. The van der Waals surface area contributed by atoms with Crippen LogP contribution in [-0.4, -0.2) is 36.2 Å². The van der Waals surface area contributed by atoms with Gasteiger partial charge in [-0.05, 0) is 30.9 Å². The number of thioether (sulfide) groups is 1. The summed E-state index contributed by atoms with van der Waals surface area (Å²) in [6.07, 6.45) is 1.03. The van der Waals surface area contributed by atoms with Gasteiger partial charge in [0.25, 0.3) is 0 Å². The first kappa shape index (κ1) is 18.3. The van der Waals surface area contributed by atoms with Gasteiger partial charge < -0.3 is 10.6 Å². The van der Waals surface area contributed by atoms with E-state index in [0.717, 1.165) is 25.3 Å². The van der Waals surface area contributed by atoms with Gasteiger partial charge in [0.05, 0.1) is 5.75 Å². The summed E-state index contributed by atoms with van der Waals surface area (Å²) >= 11 is 1.70. The number of hydrogen-bond donors (Lipinski definition) is 1. The van der Waals surface area contributed by atoms with Crippen LogP contribution in [0.3, 0.4) is 0 Å². The topological polar surface area (TPSA) is 46.3 Å². The SMILES string of the molecule is Cc1cccc(CSCC(=O)N2CCC(C)(CN)C2)c1.Cl. The third kappa shape index (κ3) is 5.20. The summed E-state index contributed by atoms with van der Waals surface area (Å²) in [7, 11) is 0. The van der Waals surface area contributed by atoms with Crippen molar-refractivity contribution in [2.45, 2.75) is 26.0 Å². The van der Waals surface area contributed by atoms with Gasteiger partial charge in [0.2, 0.25) is 5.91 Å². The molecule has 1 unspecified atom stereocenters. The molecule has 0 aliphatic carbocycles. The minimum absolute atomic E-state index is 0. The molecule has 0 radical (unpaired) electrons. The van der Waals surface area contributed by atoms with Crippen LogP contribution in [0, 0.1) is 12.3 Å². The van der Waals surface area contributed by atoms with Crippen LogP contribution in [0.2, 0.25) is 0 Å². The van der Waals surface area contributed by atoms with Crippen molar-refractivity contribution in [1.82, 2.24) is 4.90 Å². The Hall–Kier alpha value is -0.710. The highest BCUT2D eigenvalue weighted by atomic mass is 35.5. The first-order chi connectivity index (χ1) is 9.52. The summed E-state index contributed by atoms with van der Waals surface area (Å²) in [5.74, 6) is 1.71. The number of hydrogen-bond acceptors (Lipinski definition) is 3. The van der Waals surface area contributed by atoms with Crippen LogP contribution >= 0.6 is 24.2 Å². The van der Waals surface area contributed by atoms with E-state index < -0.39 is 0 Å². The highest BCUT2D eigenvalue weighted by molar-refractivity contribution is 7.99. The zero-order valence-corrected chi connectivity index (χ0v) is 14.4. The van der Waals surface area contributed by atoms with E-state index in [1.54, 1.807) is 11.8 Å². The van der Waals surface area contributed by atoms with Crippen LogP contribution in [-0.2, 0) is 10.5 Å². The number of rotatable bonds is 5. The molecular formula is C16H25ClN2OS. The smallest absolute Gasteiger partial charge is 0.232 e. The van der Waals surface area contributed by atoms with E-state index in [0.29, 0.717) is 12.3 Å². The lowest BCUT2D eigenvalue weighted by atomic mass is 9.90. The summed E-state index contributed by atoms with van der Waals surface area (Å²) in [5, 5.41) is 0. The first-order valence-corrected chi connectivity index (χ1v) is 8.29. The van der Waals surface area contributed by atoms with Crippen molar-refractivity contribution < 1.29 is 4.79 Å². The number of amides is 1. The Morgan fingerprint density at radius 3 is 2.86 bits per heavy atom. The molecule has 118 valence electrons. The minimum atomic E-state index is 0. The molecule has 0 aromatic heterocycles. The molecule has 1 aromatic rings. The maximum absolute atomic E-state index is 12.2. The van der Waals surface area contributed by atoms with E-state index in [1.807, 2.05) is 4.90 Å². The third-order valence-electron chi connectivity index (χ3n) is 3.98. The van der Waals surface area contributed by atoms with Gasteiger partial charge in [0, 0.05) is 18.8 Å². The Morgan fingerprint density at radius 2 is 2.24 bits per heavy atom. The van der Waals surface area contributed by atoms with Crippen molar-refractivity contribution in [2.24, 2.45) is 11.1 Å². The van der Waals surface area contributed by atoms with Crippen molar-refractivity contribution in [1.29, 1.82) is 0 Å². The predicted molar refractivity (Wildman–Crippen MR) is 92.9 cm³/mol. The van der Waals surface area contributed by atoms with Crippen molar-refractivity contribution in [3.05, 3.63) is 35.4 Å². The zero-order valence-electron chi connectivity index (χ0n) is 12.8. The number of carbonyl (C=O) groups is 1. The van der Waals surface area contributed by atoms with Gasteiger partial charge in [-0.2, -0.15) is 0 Å². The second-order valence-electron chi connectivity index (χ2n) is 6.06. The van der Waals surface area contributed by atoms with E-state index in [9.17, 15) is 4.79 Å². The number of benzene rings is 1. The Balaban J connectivity index is 0.00000220. The molecule has 0 saturated carbocycles. The van der Waals surface area contributed by atoms with Gasteiger partial charge in [-0.15, -0.1) is 24.2 Å². The standard InChI is InChI=1S/C16H24N2OS.ClH/c1-13-4-3-5-14(8-13)9-20-10-15(19)18-7-6-16(2,11-17)12-18;/h3-5,8H,6-7,9-12,17H2,1-2H3;1H. The molecule has 2 N–H and O–H groups in total. The monoisotopic (exact) mass is 328 g/mol. The number of nitrogens with zero attached hydrogens (tertiary/aromatic N) is 1. The van der Waals surface area contributed by atoms with Crippen LogP contribution in [0.5, 0.6) is 0 Å². The lowest BCUT2D eigenvalue weighted by Crippen LogP contribution is -2.35. The first-order valence-electron chi connectivity index (χ1n) is 7.13. The van der Waals surface area contributed by atoms with E-state index in [4.69, 9.17) is 5.73 Å². The van der Waals surface area contributed by atoms with Gasteiger partial charge >= 0.3 is 0 Å². The molecule has 1 aliphatic rings. The van der Waals surface area contributed by atoms with Gasteiger partial charge in [-0.25, -0.2) is 0 Å². The molecule has 1 aromatic carbocycles. The van der Waals surface area contributed by atoms with Crippen LogP contribution in [0.1, 0.15) is 24.5 Å². The second-order valence-corrected chi connectivity index (χ2v) is 7.05. The summed E-state index contributed by atoms with van der Waals surface area (Å²) in [5.41, 5.74) is 8.46. The van der Waals surface area contributed by atoms with Crippen molar-refractivity contribution in [2.75, 3.05) is 25.4 Å². The lowest BCUT2D eigenvalue weighted by Gasteiger charge is -2.22. The van der Waals surface area contributed by atoms with Crippen molar-refractivity contribution >= 4 is 30.1 Å². The molecule has 1 heterocycles. The summed E-state index contributed by atoms with van der Waals surface area (Å²) in [6.45, 7) is 6.59. The number of likely N-dealkylation sites (tertiary alicyclic amines) is 1. The largest absolute Gasteiger partial charge is 0.341 e. The van der Waals surface area contributed by atoms with E-state index in [-0.39, 0.29) is 23.7 Å². The summed E-state index contributed by atoms with van der Waals surface area (Å²) in [4.78, 5) is 14.1. The molecule has 1 atom stereocenters. The predicted octanol–water partition coefficient (Wildman–Crippen LogP) is 2.85. The quantitative estimate of drug-likeness (QED) is 0.904. The van der Waals surface area contributed by atoms with Crippen LogP contribution in [0.25, 0.3) is 0 Å². The number of halogens is 1. The number of carbonyl (C=O) groups excluding carboxylic acids is 1. The van der Waals surface area contributed by atoms with E-state index in [2.05, 4.69) is 38.1 Å². The zero-order chi connectivity index (χ0) is 14.6. The molecule has 3 nitrogen and oxygen atoms in total. The van der Waals surface area contributed by atoms with Crippen molar-refractivity contribution in [3.63, 3.8) is 0 Å². The lowest BCUT2D eigenvalue weighted by molar-refractivity contribution is -0.127. The molecule has 21 heavy (non-hydrogen) atoms. The molecule has 1 aliphatic heterocycles. The Labute approximate surface area is 138 Å².